The molecule has 3 rings (SSSR count). The van der Waals surface area contributed by atoms with E-state index in [0.717, 1.165) is 24.2 Å². The molecule has 7 heteroatoms. The summed E-state index contributed by atoms with van der Waals surface area (Å²) < 4.78 is 4.98. The number of carbonyl (C=O) groups excluding carboxylic acids is 4. The van der Waals surface area contributed by atoms with Gasteiger partial charge in [-0.25, -0.2) is 0 Å². The Labute approximate surface area is 151 Å². The van der Waals surface area contributed by atoms with E-state index in [2.05, 4.69) is 12.2 Å². The van der Waals surface area contributed by atoms with Crippen molar-refractivity contribution in [3.05, 3.63) is 29.8 Å². The van der Waals surface area contributed by atoms with Crippen LogP contribution in [-0.2, 0) is 19.1 Å². The van der Waals surface area contributed by atoms with E-state index >= 15 is 0 Å². The molecule has 1 N–H and O–H groups in total. The zero-order valence-electron chi connectivity index (χ0n) is 14.7. The van der Waals surface area contributed by atoms with Crippen LogP contribution in [0, 0.1) is 5.92 Å². The zero-order valence-corrected chi connectivity index (χ0v) is 14.7. The zero-order chi connectivity index (χ0) is 18.7. The number of ether oxygens (including phenoxy) is 1. The van der Waals surface area contributed by atoms with Gasteiger partial charge < -0.3 is 10.1 Å². The van der Waals surface area contributed by atoms with Crippen molar-refractivity contribution < 1.29 is 23.9 Å². The molecular formula is C19H22N2O5. The number of ketones is 1. The molecule has 2 atom stereocenters. The topological polar surface area (TPSA) is 92.8 Å². The number of benzene rings is 1. The number of carbonyl (C=O) groups is 4. The summed E-state index contributed by atoms with van der Waals surface area (Å²) in [6.45, 7) is 1.32. The van der Waals surface area contributed by atoms with E-state index in [1.165, 1.54) is 6.42 Å². The Kier molecular flexibility index (Phi) is 5.35. The standard InChI is InChI=1S/C19H22N2O5/c1-12-6-2-4-8-14(12)20-16(22)11-26-17(23)10-21-15-9-5-3-7-13(15)18(24)19(21)25/h3,5,7,9,12,14H,2,4,6,8,10-11H2,1H3,(H,20,22)/t12-,14+/m1/s1. The number of nitrogens with zero attached hydrogens (tertiary/aromatic N) is 1. The Morgan fingerprint density at radius 2 is 1.92 bits per heavy atom. The Bertz CT molecular complexity index is 745. The Morgan fingerprint density at radius 1 is 1.19 bits per heavy atom. The van der Waals surface area contributed by atoms with Crippen LogP contribution in [-0.4, -0.2) is 42.8 Å². The van der Waals surface area contributed by atoms with E-state index in [1.807, 2.05) is 0 Å². The van der Waals surface area contributed by atoms with E-state index in [4.69, 9.17) is 4.74 Å². The number of hydrogen-bond donors (Lipinski definition) is 1. The molecule has 26 heavy (non-hydrogen) atoms. The molecule has 0 spiro atoms. The second-order valence-electron chi connectivity index (χ2n) is 6.83. The highest BCUT2D eigenvalue weighted by Crippen LogP contribution is 2.28. The van der Waals surface area contributed by atoms with Crippen molar-refractivity contribution in [1.82, 2.24) is 5.32 Å². The Hall–Kier alpha value is -2.70. The van der Waals surface area contributed by atoms with Crippen LogP contribution in [0.5, 0.6) is 0 Å². The van der Waals surface area contributed by atoms with Gasteiger partial charge in [-0.15, -0.1) is 0 Å². The maximum absolute atomic E-state index is 12.0. The first-order valence-electron chi connectivity index (χ1n) is 8.87. The van der Waals surface area contributed by atoms with E-state index < -0.39 is 24.2 Å². The van der Waals surface area contributed by atoms with Gasteiger partial charge in [-0.05, 0) is 30.9 Å². The third-order valence-corrected chi connectivity index (χ3v) is 4.99. The van der Waals surface area contributed by atoms with Crippen molar-refractivity contribution in [1.29, 1.82) is 0 Å². The monoisotopic (exact) mass is 358 g/mol. The van der Waals surface area contributed by atoms with Gasteiger partial charge in [-0.2, -0.15) is 0 Å². The van der Waals surface area contributed by atoms with E-state index in [-0.39, 0.29) is 24.1 Å². The number of amides is 2. The molecule has 1 saturated carbocycles. The van der Waals surface area contributed by atoms with E-state index in [0.29, 0.717) is 11.6 Å². The maximum atomic E-state index is 12.0. The highest BCUT2D eigenvalue weighted by molar-refractivity contribution is 6.52. The minimum atomic E-state index is -0.761. The molecule has 2 aliphatic rings. The largest absolute Gasteiger partial charge is 0.454 e. The summed E-state index contributed by atoms with van der Waals surface area (Å²) in [5, 5.41) is 2.90. The average molecular weight is 358 g/mol. The molecule has 0 aromatic heterocycles. The number of nitrogens with one attached hydrogen (secondary N) is 1. The molecule has 1 aliphatic carbocycles. The summed E-state index contributed by atoms with van der Waals surface area (Å²) in [4.78, 5) is 49.0. The molecule has 1 aliphatic heterocycles. The SMILES string of the molecule is C[C@@H]1CCCC[C@@H]1NC(=O)COC(=O)CN1C(=O)C(=O)c2ccccc21. The van der Waals surface area contributed by atoms with Gasteiger partial charge in [0.2, 0.25) is 0 Å². The molecule has 2 amide bonds. The first-order valence-corrected chi connectivity index (χ1v) is 8.87. The van der Waals surface area contributed by atoms with Gasteiger partial charge in [0.05, 0.1) is 11.3 Å². The first-order chi connectivity index (χ1) is 12.5. The number of para-hydroxylation sites is 1. The molecule has 1 aromatic rings. The highest BCUT2D eigenvalue weighted by atomic mass is 16.5. The fourth-order valence-corrected chi connectivity index (χ4v) is 3.51. The molecule has 0 saturated heterocycles. The predicted molar refractivity (Wildman–Crippen MR) is 93.6 cm³/mol. The lowest BCUT2D eigenvalue weighted by molar-refractivity contribution is -0.147. The molecule has 138 valence electrons. The molecule has 0 bridgehead atoms. The van der Waals surface area contributed by atoms with Gasteiger partial charge in [0.25, 0.3) is 17.6 Å². The third kappa shape index (κ3) is 3.76. The molecule has 1 heterocycles. The first kappa shape index (κ1) is 18.1. The van der Waals surface area contributed by atoms with Crippen molar-refractivity contribution in [3.8, 4) is 0 Å². The summed E-state index contributed by atoms with van der Waals surface area (Å²) in [6.07, 6.45) is 4.27. The van der Waals surface area contributed by atoms with E-state index in [9.17, 15) is 19.2 Å². The fraction of sp³-hybridized carbons (Fsp3) is 0.474. The van der Waals surface area contributed by atoms with Crippen molar-refractivity contribution in [2.45, 2.75) is 38.6 Å². The van der Waals surface area contributed by atoms with Crippen molar-refractivity contribution in [2.75, 3.05) is 18.1 Å². The van der Waals surface area contributed by atoms with Crippen molar-refractivity contribution in [2.24, 2.45) is 5.92 Å². The lowest BCUT2D eigenvalue weighted by Crippen LogP contribution is -2.43. The molecule has 1 aromatic carbocycles. The van der Waals surface area contributed by atoms with Gasteiger partial charge in [0, 0.05) is 6.04 Å². The number of hydrogen-bond acceptors (Lipinski definition) is 5. The second-order valence-corrected chi connectivity index (χ2v) is 6.83. The number of Topliss-reactive ketones (excluding diaryl/α,β-unsaturated/α-hetero) is 1. The summed E-state index contributed by atoms with van der Waals surface area (Å²) in [6, 6.07) is 6.59. The van der Waals surface area contributed by atoms with E-state index in [1.54, 1.807) is 24.3 Å². The van der Waals surface area contributed by atoms with Gasteiger partial charge in [0.1, 0.15) is 6.54 Å². The summed E-state index contributed by atoms with van der Waals surface area (Å²) in [5.41, 5.74) is 0.661. The Balaban J connectivity index is 1.51. The molecule has 0 unspecified atom stereocenters. The van der Waals surface area contributed by atoms with Crippen LogP contribution < -0.4 is 10.2 Å². The van der Waals surface area contributed by atoms with Crippen LogP contribution in [0.3, 0.4) is 0 Å². The minimum Gasteiger partial charge on any atom is -0.454 e. The van der Waals surface area contributed by atoms with Crippen LogP contribution >= 0.6 is 0 Å². The second kappa shape index (κ2) is 7.68. The summed E-state index contributed by atoms with van der Waals surface area (Å²) in [7, 11) is 0. The number of fused-ring (bicyclic) bond motifs is 1. The molecule has 7 nitrogen and oxygen atoms in total. The Morgan fingerprint density at radius 3 is 2.69 bits per heavy atom. The van der Waals surface area contributed by atoms with Gasteiger partial charge in [0.15, 0.2) is 6.61 Å². The van der Waals surface area contributed by atoms with Crippen molar-refractivity contribution >= 4 is 29.3 Å². The normalized spacial score (nSPS) is 22.1. The fourth-order valence-electron chi connectivity index (χ4n) is 3.51. The maximum Gasteiger partial charge on any atom is 0.326 e. The molecular weight excluding hydrogens is 336 g/mol. The van der Waals surface area contributed by atoms with Gasteiger partial charge >= 0.3 is 5.97 Å². The summed E-state index contributed by atoms with van der Waals surface area (Å²) >= 11 is 0. The number of anilines is 1. The molecule has 0 radical (unpaired) electrons. The lowest BCUT2D eigenvalue weighted by Gasteiger charge is -2.29. The highest BCUT2D eigenvalue weighted by Gasteiger charge is 2.36. The lowest BCUT2D eigenvalue weighted by atomic mass is 9.86. The van der Waals surface area contributed by atoms with Crippen LogP contribution in [0.25, 0.3) is 0 Å². The van der Waals surface area contributed by atoms with Gasteiger partial charge in [-0.3, -0.25) is 24.1 Å². The van der Waals surface area contributed by atoms with Crippen LogP contribution in [0.4, 0.5) is 5.69 Å². The summed E-state index contributed by atoms with van der Waals surface area (Å²) in [5.74, 6) is -2.06. The number of esters is 1. The molecule has 1 fully saturated rings. The predicted octanol–water partition coefficient (Wildman–Crippen LogP) is 1.45. The number of rotatable bonds is 5. The average Bonchev–Trinajstić information content (AvgIpc) is 2.87. The van der Waals surface area contributed by atoms with Crippen LogP contribution in [0.1, 0.15) is 43.0 Å². The van der Waals surface area contributed by atoms with Crippen LogP contribution in [0.2, 0.25) is 0 Å². The van der Waals surface area contributed by atoms with Crippen molar-refractivity contribution in [3.63, 3.8) is 0 Å². The smallest absolute Gasteiger partial charge is 0.326 e. The third-order valence-electron chi connectivity index (χ3n) is 4.99. The quantitative estimate of drug-likeness (QED) is 0.635. The van der Waals surface area contributed by atoms with Gasteiger partial charge in [-0.1, -0.05) is 31.9 Å². The minimum absolute atomic E-state index is 0.111. The van der Waals surface area contributed by atoms with Crippen LogP contribution in [0.15, 0.2) is 24.3 Å².